The first kappa shape index (κ1) is 22.2. The summed E-state index contributed by atoms with van der Waals surface area (Å²) in [6.45, 7) is 1.21. The zero-order valence-electron chi connectivity index (χ0n) is 19.6. The molecule has 0 spiro atoms. The van der Waals surface area contributed by atoms with Gasteiger partial charge in [-0.2, -0.15) is 10.1 Å². The van der Waals surface area contributed by atoms with Crippen molar-refractivity contribution in [1.82, 2.24) is 24.7 Å². The smallest absolute Gasteiger partial charge is 0.270 e. The number of para-hydroxylation sites is 1. The van der Waals surface area contributed by atoms with Crippen molar-refractivity contribution in [3.63, 3.8) is 0 Å². The molecule has 6 rings (SSSR count). The second-order valence-corrected chi connectivity index (χ2v) is 9.29. The molecule has 4 heterocycles. The van der Waals surface area contributed by atoms with Crippen LogP contribution in [0.5, 0.6) is 5.75 Å². The molecule has 0 saturated carbocycles. The number of benzene rings is 2. The topological polar surface area (TPSA) is 118 Å². The van der Waals surface area contributed by atoms with E-state index in [2.05, 4.69) is 20.1 Å². The minimum Gasteiger partial charge on any atom is -0.485 e. The van der Waals surface area contributed by atoms with Crippen molar-refractivity contribution in [3.8, 4) is 11.4 Å². The molecule has 3 aromatic heterocycles. The number of pyridine rings is 1. The standard InChI is InChI=1S/C25H23ClN8O2/c1-32-12-16(36-19-9-8-14(26)10-18(19)32)13-33(2)25-28-11-17-21-20(22(27)31-30-21)24(35)34(23(17)29-25)15-6-4-3-5-7-15/h3-11,16H,12-13H2,1-2H3,(H3,27,30,31)/t16-/m1/s1. The average molecular weight is 503 g/mol. The van der Waals surface area contributed by atoms with Gasteiger partial charge in [0.15, 0.2) is 5.65 Å². The van der Waals surface area contributed by atoms with Gasteiger partial charge in [-0.25, -0.2) is 4.98 Å². The number of nitrogens with two attached hydrogens (primary N) is 1. The number of hydrogen-bond acceptors (Lipinski definition) is 8. The van der Waals surface area contributed by atoms with Crippen LogP contribution >= 0.6 is 11.6 Å². The molecule has 3 N–H and O–H groups in total. The van der Waals surface area contributed by atoms with Gasteiger partial charge in [0.25, 0.3) is 5.56 Å². The van der Waals surface area contributed by atoms with E-state index in [4.69, 9.17) is 27.1 Å². The Morgan fingerprint density at radius 2 is 2.06 bits per heavy atom. The van der Waals surface area contributed by atoms with E-state index >= 15 is 0 Å². The Morgan fingerprint density at radius 3 is 2.86 bits per heavy atom. The molecule has 0 amide bonds. The fraction of sp³-hybridized carbons (Fsp3) is 0.200. The van der Waals surface area contributed by atoms with E-state index in [-0.39, 0.29) is 17.5 Å². The van der Waals surface area contributed by atoms with Gasteiger partial charge in [0.2, 0.25) is 5.95 Å². The molecule has 1 aliphatic rings. The third-order valence-corrected chi connectivity index (χ3v) is 6.61. The molecule has 0 aliphatic carbocycles. The summed E-state index contributed by atoms with van der Waals surface area (Å²) in [6, 6.07) is 14.9. The normalized spacial score (nSPS) is 15.2. The van der Waals surface area contributed by atoms with Crippen LogP contribution in [0, 0.1) is 0 Å². The van der Waals surface area contributed by atoms with Crippen LogP contribution in [-0.2, 0) is 0 Å². The van der Waals surface area contributed by atoms with E-state index in [1.165, 1.54) is 0 Å². The number of nitrogens with zero attached hydrogens (tertiary/aromatic N) is 6. The SMILES string of the molecule is CN(C[C@H]1CN(C)c2cc(Cl)ccc2O1)c1ncc2c3n[nH]c(N)c3c(=O)n(-c3ccccc3)c2n1. The van der Waals surface area contributed by atoms with Crippen LogP contribution in [0.25, 0.3) is 27.6 Å². The van der Waals surface area contributed by atoms with Crippen molar-refractivity contribution < 1.29 is 4.74 Å². The number of H-pyrrole nitrogens is 1. The highest BCUT2D eigenvalue weighted by Crippen LogP contribution is 2.35. The predicted molar refractivity (Wildman–Crippen MR) is 142 cm³/mol. The Balaban J connectivity index is 1.40. The molecule has 0 bridgehead atoms. The summed E-state index contributed by atoms with van der Waals surface area (Å²) >= 11 is 6.15. The molecule has 0 saturated heterocycles. The Labute approximate surface area is 210 Å². The molecule has 11 heteroatoms. The fourth-order valence-electron chi connectivity index (χ4n) is 4.67. The molecule has 1 atom stereocenters. The molecule has 0 radical (unpaired) electrons. The molecular weight excluding hydrogens is 480 g/mol. The number of ether oxygens (including phenoxy) is 1. The Bertz CT molecular complexity index is 1670. The lowest BCUT2D eigenvalue weighted by Crippen LogP contribution is -2.44. The Morgan fingerprint density at radius 1 is 1.25 bits per heavy atom. The third-order valence-electron chi connectivity index (χ3n) is 6.37. The summed E-state index contributed by atoms with van der Waals surface area (Å²) in [5.74, 6) is 1.45. The van der Waals surface area contributed by atoms with E-state index in [1.54, 1.807) is 10.8 Å². The number of rotatable bonds is 4. The highest BCUT2D eigenvalue weighted by atomic mass is 35.5. The van der Waals surface area contributed by atoms with E-state index in [0.29, 0.717) is 51.7 Å². The monoisotopic (exact) mass is 502 g/mol. The van der Waals surface area contributed by atoms with Crippen LogP contribution in [0.15, 0.2) is 59.5 Å². The molecule has 10 nitrogen and oxygen atoms in total. The minimum absolute atomic E-state index is 0.127. The molecule has 2 aromatic carbocycles. The lowest BCUT2D eigenvalue weighted by Gasteiger charge is -2.35. The van der Waals surface area contributed by atoms with Gasteiger partial charge in [0.1, 0.15) is 28.6 Å². The van der Waals surface area contributed by atoms with Crippen molar-refractivity contribution >= 4 is 51.0 Å². The van der Waals surface area contributed by atoms with Crippen molar-refractivity contribution in [3.05, 3.63) is 70.1 Å². The van der Waals surface area contributed by atoms with Crippen LogP contribution in [0.4, 0.5) is 17.5 Å². The number of halogens is 1. The number of anilines is 3. The molecule has 0 unspecified atom stereocenters. The second-order valence-electron chi connectivity index (χ2n) is 8.86. The summed E-state index contributed by atoms with van der Waals surface area (Å²) in [5, 5.41) is 8.57. The highest BCUT2D eigenvalue weighted by molar-refractivity contribution is 6.31. The van der Waals surface area contributed by atoms with E-state index in [0.717, 1.165) is 11.4 Å². The summed E-state index contributed by atoms with van der Waals surface area (Å²) in [7, 11) is 3.91. The first-order valence-electron chi connectivity index (χ1n) is 11.4. The Hall–Kier alpha value is -4.31. The summed E-state index contributed by atoms with van der Waals surface area (Å²) in [5.41, 5.74) is 8.27. The largest absolute Gasteiger partial charge is 0.485 e. The molecule has 0 fully saturated rings. The maximum atomic E-state index is 13.5. The van der Waals surface area contributed by atoms with Crippen LogP contribution in [0.3, 0.4) is 0 Å². The van der Waals surface area contributed by atoms with Crippen molar-refractivity contribution in [2.75, 3.05) is 42.7 Å². The van der Waals surface area contributed by atoms with Crippen molar-refractivity contribution in [2.45, 2.75) is 6.10 Å². The van der Waals surface area contributed by atoms with Gasteiger partial charge in [-0.1, -0.05) is 29.8 Å². The fourth-order valence-corrected chi connectivity index (χ4v) is 4.83. The molecule has 1 aliphatic heterocycles. The zero-order valence-corrected chi connectivity index (χ0v) is 20.4. The number of aromatic amines is 1. The maximum absolute atomic E-state index is 13.5. The van der Waals surface area contributed by atoms with E-state index in [1.807, 2.05) is 67.5 Å². The van der Waals surface area contributed by atoms with Gasteiger partial charge in [0, 0.05) is 25.3 Å². The number of hydrogen-bond donors (Lipinski definition) is 2. The van der Waals surface area contributed by atoms with Crippen LogP contribution < -0.4 is 25.8 Å². The van der Waals surface area contributed by atoms with Crippen LogP contribution in [0.1, 0.15) is 0 Å². The number of fused-ring (bicyclic) bond motifs is 4. The summed E-state index contributed by atoms with van der Waals surface area (Å²) in [6.07, 6.45) is 1.55. The van der Waals surface area contributed by atoms with Gasteiger partial charge in [0.05, 0.1) is 29.9 Å². The maximum Gasteiger partial charge on any atom is 0.270 e. The van der Waals surface area contributed by atoms with Gasteiger partial charge in [-0.05, 0) is 30.3 Å². The van der Waals surface area contributed by atoms with E-state index < -0.39 is 0 Å². The quantitative estimate of drug-likeness (QED) is 0.384. The predicted octanol–water partition coefficient (Wildman–Crippen LogP) is 3.23. The van der Waals surface area contributed by atoms with Crippen LogP contribution in [-0.4, -0.2) is 58.0 Å². The van der Waals surface area contributed by atoms with Gasteiger partial charge in [-0.15, -0.1) is 0 Å². The van der Waals surface area contributed by atoms with Gasteiger partial charge in [-0.3, -0.25) is 14.5 Å². The summed E-state index contributed by atoms with van der Waals surface area (Å²) < 4.78 is 7.78. The zero-order chi connectivity index (χ0) is 25.0. The van der Waals surface area contributed by atoms with Crippen molar-refractivity contribution in [2.24, 2.45) is 0 Å². The number of nitrogen functional groups attached to an aromatic ring is 1. The molecule has 36 heavy (non-hydrogen) atoms. The second kappa shape index (κ2) is 8.42. The first-order chi connectivity index (χ1) is 17.4. The van der Waals surface area contributed by atoms with Crippen LogP contribution in [0.2, 0.25) is 5.02 Å². The van der Waals surface area contributed by atoms with Crippen molar-refractivity contribution in [1.29, 1.82) is 0 Å². The van der Waals surface area contributed by atoms with E-state index in [9.17, 15) is 4.79 Å². The minimum atomic E-state index is -0.297. The molecule has 5 aromatic rings. The third kappa shape index (κ3) is 3.57. The number of nitrogens with one attached hydrogen (secondary N) is 1. The molecular formula is C25H23ClN8O2. The molecule has 182 valence electrons. The highest BCUT2D eigenvalue weighted by Gasteiger charge is 2.26. The first-order valence-corrected chi connectivity index (χ1v) is 11.8. The number of likely N-dealkylation sites (N-methyl/N-ethyl adjacent to an activating group) is 2. The van der Waals surface area contributed by atoms with Gasteiger partial charge >= 0.3 is 0 Å². The Kier molecular flexibility index (Phi) is 5.18. The number of aromatic nitrogens is 5. The average Bonchev–Trinajstić information content (AvgIpc) is 3.27. The lowest BCUT2D eigenvalue weighted by atomic mass is 10.2. The van der Waals surface area contributed by atoms with Gasteiger partial charge < -0.3 is 20.3 Å². The summed E-state index contributed by atoms with van der Waals surface area (Å²) in [4.78, 5) is 27.0. The lowest BCUT2D eigenvalue weighted by molar-refractivity contribution is 0.201.